The molecular weight excluding hydrogens is 452 g/mol. The minimum atomic E-state index is -0.677. The summed E-state index contributed by atoms with van der Waals surface area (Å²) in [6, 6.07) is 5.09. The molecular formula is C24H30N6O5. The SMILES string of the molecule is C=C(C)c1nn(Cc2ccc(C(=O)OC)cc2OC)c2c(NCCCC)nc(NC(=O)OC)nc12. The van der Waals surface area contributed by atoms with Crippen LogP contribution in [0.15, 0.2) is 24.8 Å². The monoisotopic (exact) mass is 482 g/mol. The Labute approximate surface area is 203 Å². The third kappa shape index (κ3) is 5.68. The van der Waals surface area contributed by atoms with Gasteiger partial charge in [0.2, 0.25) is 5.95 Å². The van der Waals surface area contributed by atoms with Gasteiger partial charge in [0.25, 0.3) is 0 Å². The molecule has 0 spiro atoms. The number of hydrogen-bond acceptors (Lipinski definition) is 9. The van der Waals surface area contributed by atoms with Crippen molar-refractivity contribution in [1.82, 2.24) is 19.7 Å². The first-order valence-electron chi connectivity index (χ1n) is 11.1. The fraction of sp³-hybridized carbons (Fsp3) is 0.375. The van der Waals surface area contributed by atoms with Gasteiger partial charge in [-0.25, -0.2) is 14.6 Å². The van der Waals surface area contributed by atoms with Crippen LogP contribution < -0.4 is 15.4 Å². The van der Waals surface area contributed by atoms with Crippen LogP contribution in [-0.2, 0) is 16.0 Å². The summed E-state index contributed by atoms with van der Waals surface area (Å²) >= 11 is 0. The minimum Gasteiger partial charge on any atom is -0.496 e. The number of ether oxygens (including phenoxy) is 3. The molecule has 0 aliphatic rings. The van der Waals surface area contributed by atoms with Crippen LogP contribution in [0.4, 0.5) is 16.6 Å². The molecule has 186 valence electrons. The molecule has 3 rings (SSSR count). The highest BCUT2D eigenvalue weighted by atomic mass is 16.5. The van der Waals surface area contributed by atoms with Gasteiger partial charge < -0.3 is 19.5 Å². The van der Waals surface area contributed by atoms with E-state index in [4.69, 9.17) is 19.3 Å². The van der Waals surface area contributed by atoms with Crippen LogP contribution in [0.1, 0.15) is 48.3 Å². The van der Waals surface area contributed by atoms with E-state index in [0.717, 1.165) is 18.4 Å². The zero-order valence-corrected chi connectivity index (χ0v) is 20.6. The number of hydrogen-bond donors (Lipinski definition) is 2. The van der Waals surface area contributed by atoms with E-state index >= 15 is 0 Å². The fourth-order valence-electron chi connectivity index (χ4n) is 3.47. The van der Waals surface area contributed by atoms with Gasteiger partial charge in [0, 0.05) is 12.1 Å². The van der Waals surface area contributed by atoms with Gasteiger partial charge in [-0.05, 0) is 31.1 Å². The second-order valence-corrected chi connectivity index (χ2v) is 7.79. The second kappa shape index (κ2) is 11.3. The Bertz CT molecular complexity index is 1250. The van der Waals surface area contributed by atoms with E-state index in [1.807, 2.05) is 6.92 Å². The van der Waals surface area contributed by atoms with Gasteiger partial charge in [-0.3, -0.25) is 10.00 Å². The summed E-state index contributed by atoms with van der Waals surface area (Å²) in [5.41, 5.74) is 3.61. The number of nitrogens with one attached hydrogen (secondary N) is 2. The Morgan fingerprint density at radius 1 is 1.14 bits per heavy atom. The summed E-state index contributed by atoms with van der Waals surface area (Å²) in [7, 11) is 4.13. The van der Waals surface area contributed by atoms with E-state index in [2.05, 4.69) is 34.1 Å². The molecule has 0 radical (unpaired) electrons. The molecule has 0 fully saturated rings. The topological polar surface area (TPSA) is 129 Å². The van der Waals surface area contributed by atoms with Crippen molar-refractivity contribution in [2.24, 2.45) is 0 Å². The minimum absolute atomic E-state index is 0.0883. The summed E-state index contributed by atoms with van der Waals surface area (Å²) in [6.07, 6.45) is 1.24. The van der Waals surface area contributed by atoms with Crippen LogP contribution in [0.2, 0.25) is 0 Å². The van der Waals surface area contributed by atoms with Crippen LogP contribution in [0.3, 0.4) is 0 Å². The number of allylic oxidation sites excluding steroid dienone is 1. The first-order chi connectivity index (χ1) is 16.8. The lowest BCUT2D eigenvalue weighted by atomic mass is 10.1. The summed E-state index contributed by atoms with van der Waals surface area (Å²) in [5, 5.41) is 10.6. The molecule has 11 heteroatoms. The first kappa shape index (κ1) is 25.5. The number of fused-ring (bicyclic) bond motifs is 1. The van der Waals surface area contributed by atoms with Crippen molar-refractivity contribution in [3.8, 4) is 5.75 Å². The zero-order chi connectivity index (χ0) is 25.5. The third-order valence-electron chi connectivity index (χ3n) is 5.24. The zero-order valence-electron chi connectivity index (χ0n) is 20.6. The van der Waals surface area contributed by atoms with Crippen LogP contribution in [-0.4, -0.2) is 59.7 Å². The molecule has 0 aliphatic heterocycles. The summed E-state index contributed by atoms with van der Waals surface area (Å²) < 4.78 is 16.8. The molecule has 3 aromatic rings. The van der Waals surface area contributed by atoms with Crippen LogP contribution in [0.5, 0.6) is 5.75 Å². The summed E-state index contributed by atoms with van der Waals surface area (Å²) in [5.74, 6) is 0.662. The average Bonchev–Trinajstić information content (AvgIpc) is 3.22. The molecule has 2 aromatic heterocycles. The van der Waals surface area contributed by atoms with E-state index < -0.39 is 12.1 Å². The maximum absolute atomic E-state index is 11.9. The number of methoxy groups -OCH3 is 3. The van der Waals surface area contributed by atoms with E-state index in [-0.39, 0.29) is 5.95 Å². The quantitative estimate of drug-likeness (QED) is 0.324. The molecule has 35 heavy (non-hydrogen) atoms. The third-order valence-corrected chi connectivity index (χ3v) is 5.24. The predicted molar refractivity (Wildman–Crippen MR) is 133 cm³/mol. The number of unbranched alkanes of at least 4 members (excludes halogenated alkanes) is 1. The van der Waals surface area contributed by atoms with Crippen molar-refractivity contribution < 1.29 is 23.8 Å². The summed E-state index contributed by atoms with van der Waals surface area (Å²) in [6.45, 7) is 8.94. The maximum atomic E-state index is 11.9. The molecule has 0 unspecified atom stereocenters. The van der Waals surface area contributed by atoms with Crippen LogP contribution in [0.25, 0.3) is 16.6 Å². The number of rotatable bonds is 10. The van der Waals surface area contributed by atoms with Crippen molar-refractivity contribution in [2.45, 2.75) is 33.2 Å². The number of carbonyl (C=O) groups is 2. The molecule has 0 atom stereocenters. The van der Waals surface area contributed by atoms with Crippen molar-refractivity contribution in [1.29, 1.82) is 0 Å². The highest BCUT2D eigenvalue weighted by molar-refractivity contribution is 5.95. The predicted octanol–water partition coefficient (Wildman–Crippen LogP) is 4.09. The molecule has 0 saturated carbocycles. The molecule has 0 saturated heterocycles. The maximum Gasteiger partial charge on any atom is 0.413 e. The molecule has 0 aliphatic carbocycles. The molecule has 1 aromatic carbocycles. The van der Waals surface area contributed by atoms with Gasteiger partial charge in [0.1, 0.15) is 22.5 Å². The number of aromatic nitrogens is 4. The van der Waals surface area contributed by atoms with Gasteiger partial charge in [0.05, 0.1) is 33.4 Å². The van der Waals surface area contributed by atoms with Gasteiger partial charge >= 0.3 is 12.1 Å². The number of esters is 1. The van der Waals surface area contributed by atoms with E-state index in [0.29, 0.717) is 52.5 Å². The molecule has 11 nitrogen and oxygen atoms in total. The average molecular weight is 483 g/mol. The standard InChI is InChI=1S/C24H30N6O5/c1-7-8-11-25-21-20-19(26-23(27-21)28-24(32)35-6)18(14(2)3)29-30(20)13-16-10-9-15(22(31)34-5)12-17(16)33-4/h9-10,12H,2,7-8,11,13H2,1,3-6H3,(H2,25,26,27,28,32). The smallest absolute Gasteiger partial charge is 0.413 e. The van der Waals surface area contributed by atoms with Crippen molar-refractivity contribution >= 4 is 40.4 Å². The lowest BCUT2D eigenvalue weighted by Crippen LogP contribution is -2.15. The molecule has 1 amide bonds. The molecule has 2 N–H and O–H groups in total. The van der Waals surface area contributed by atoms with E-state index in [1.165, 1.54) is 21.3 Å². The van der Waals surface area contributed by atoms with Gasteiger partial charge in [-0.15, -0.1) is 0 Å². The lowest BCUT2D eigenvalue weighted by molar-refractivity contribution is 0.0600. The Morgan fingerprint density at radius 2 is 1.91 bits per heavy atom. The Kier molecular flexibility index (Phi) is 8.24. The highest BCUT2D eigenvalue weighted by Gasteiger charge is 2.21. The number of nitrogens with zero attached hydrogens (tertiary/aromatic N) is 4. The summed E-state index contributed by atoms with van der Waals surface area (Å²) in [4.78, 5) is 32.8. The second-order valence-electron chi connectivity index (χ2n) is 7.79. The number of anilines is 2. The highest BCUT2D eigenvalue weighted by Crippen LogP contribution is 2.30. The number of carbonyl (C=O) groups excluding carboxylic acids is 2. The van der Waals surface area contributed by atoms with Crippen molar-refractivity contribution in [3.63, 3.8) is 0 Å². The normalized spacial score (nSPS) is 10.7. The Morgan fingerprint density at radius 3 is 2.54 bits per heavy atom. The van der Waals surface area contributed by atoms with Gasteiger partial charge in [-0.2, -0.15) is 10.1 Å². The van der Waals surface area contributed by atoms with E-state index in [1.54, 1.807) is 22.9 Å². The Hall–Kier alpha value is -4.15. The Balaban J connectivity index is 2.15. The number of benzene rings is 1. The lowest BCUT2D eigenvalue weighted by Gasteiger charge is -2.13. The van der Waals surface area contributed by atoms with Gasteiger partial charge in [-0.1, -0.05) is 26.0 Å². The largest absolute Gasteiger partial charge is 0.496 e. The van der Waals surface area contributed by atoms with Crippen molar-refractivity contribution in [2.75, 3.05) is 38.5 Å². The molecule has 2 heterocycles. The number of amides is 1. The fourth-order valence-corrected chi connectivity index (χ4v) is 3.47. The first-order valence-corrected chi connectivity index (χ1v) is 11.1. The molecule has 0 bridgehead atoms. The van der Waals surface area contributed by atoms with Crippen molar-refractivity contribution in [3.05, 3.63) is 41.6 Å². The van der Waals surface area contributed by atoms with Crippen LogP contribution >= 0.6 is 0 Å². The van der Waals surface area contributed by atoms with Gasteiger partial charge in [0.15, 0.2) is 5.82 Å². The van der Waals surface area contributed by atoms with Crippen LogP contribution in [0, 0.1) is 0 Å². The van der Waals surface area contributed by atoms with E-state index in [9.17, 15) is 9.59 Å².